The number of nitrogens with one attached hydrogen (secondary N) is 1. The molecule has 2 heterocycles. The van der Waals surface area contributed by atoms with E-state index in [2.05, 4.69) is 11.9 Å². The maximum absolute atomic E-state index is 12.8. The number of benzene rings is 1. The van der Waals surface area contributed by atoms with Crippen LogP contribution in [0.25, 0.3) is 0 Å². The molecular weight excluding hydrogens is 368 g/mol. The van der Waals surface area contributed by atoms with Crippen LogP contribution in [0, 0.1) is 16.0 Å². The minimum absolute atomic E-state index is 0.0534. The molecule has 146 valence electrons. The molecule has 1 N–H and O–H groups in total. The number of hydrogen-bond acceptors (Lipinski definition) is 8. The van der Waals surface area contributed by atoms with E-state index < -0.39 is 22.7 Å². The van der Waals surface area contributed by atoms with Crippen LogP contribution in [0.15, 0.2) is 35.7 Å². The molecule has 2 aliphatic heterocycles. The van der Waals surface area contributed by atoms with Crippen molar-refractivity contribution in [3.05, 3.63) is 51.4 Å². The van der Waals surface area contributed by atoms with Gasteiger partial charge in [0.2, 0.25) is 6.79 Å². The lowest BCUT2D eigenvalue weighted by Crippen LogP contribution is -2.41. The lowest BCUT2D eigenvalue weighted by atomic mass is 9.71. The molecular formula is C19H18N2O7. The van der Waals surface area contributed by atoms with Crippen molar-refractivity contribution in [3.63, 3.8) is 0 Å². The molecule has 0 amide bonds. The number of allylic oxidation sites excluding steroid dienone is 2. The van der Waals surface area contributed by atoms with Crippen LogP contribution in [0.4, 0.5) is 5.69 Å². The number of ketones is 1. The number of esters is 1. The van der Waals surface area contributed by atoms with Gasteiger partial charge in [-0.2, -0.15) is 0 Å². The molecule has 9 heteroatoms. The second kappa shape index (κ2) is 6.66. The summed E-state index contributed by atoms with van der Waals surface area (Å²) < 4.78 is 15.5. The SMILES string of the molecule is C=C1NC2=C(C(=O)CCC2)C(c2cc3c(cc2[N+](=O)[O-])OCO3)C1C(=O)OC. The zero-order valence-electron chi connectivity index (χ0n) is 15.1. The number of carbonyl (C=O) groups is 2. The fraction of sp³-hybridized carbons (Fsp3) is 0.368. The number of rotatable bonds is 3. The maximum Gasteiger partial charge on any atom is 0.315 e. The Morgan fingerprint density at radius 2 is 2.04 bits per heavy atom. The second-order valence-corrected chi connectivity index (χ2v) is 6.82. The summed E-state index contributed by atoms with van der Waals surface area (Å²) >= 11 is 0. The van der Waals surface area contributed by atoms with Crippen molar-refractivity contribution in [1.82, 2.24) is 5.32 Å². The van der Waals surface area contributed by atoms with Crippen LogP contribution in [0.2, 0.25) is 0 Å². The number of ether oxygens (including phenoxy) is 3. The van der Waals surface area contributed by atoms with Gasteiger partial charge in [0.15, 0.2) is 17.3 Å². The van der Waals surface area contributed by atoms with E-state index in [4.69, 9.17) is 14.2 Å². The number of methoxy groups -OCH3 is 1. The lowest BCUT2D eigenvalue weighted by molar-refractivity contribution is -0.385. The summed E-state index contributed by atoms with van der Waals surface area (Å²) in [5.41, 5.74) is 1.32. The summed E-state index contributed by atoms with van der Waals surface area (Å²) in [7, 11) is 1.23. The van der Waals surface area contributed by atoms with E-state index in [-0.39, 0.29) is 29.6 Å². The highest BCUT2D eigenvalue weighted by Gasteiger charge is 2.46. The van der Waals surface area contributed by atoms with Gasteiger partial charge in [0.25, 0.3) is 5.69 Å². The van der Waals surface area contributed by atoms with Crippen LogP contribution in [-0.2, 0) is 14.3 Å². The number of hydrogen-bond donors (Lipinski definition) is 1. The van der Waals surface area contributed by atoms with Crippen molar-refractivity contribution in [1.29, 1.82) is 0 Å². The Morgan fingerprint density at radius 1 is 1.32 bits per heavy atom. The van der Waals surface area contributed by atoms with Crippen LogP contribution in [0.1, 0.15) is 30.7 Å². The molecule has 2 atom stereocenters. The smallest absolute Gasteiger partial charge is 0.315 e. The van der Waals surface area contributed by atoms with Gasteiger partial charge >= 0.3 is 5.97 Å². The summed E-state index contributed by atoms with van der Waals surface area (Å²) in [5.74, 6) is -2.06. The van der Waals surface area contributed by atoms with Gasteiger partial charge in [-0.3, -0.25) is 19.7 Å². The Bertz CT molecular complexity index is 950. The summed E-state index contributed by atoms with van der Waals surface area (Å²) in [6.45, 7) is 3.87. The Morgan fingerprint density at radius 3 is 2.71 bits per heavy atom. The standard InChI is InChI=1S/C19H18N2O7/c1-9-16(19(23)26-2)17(18-11(20-9)4-3-5-13(18)22)10-6-14-15(28-8-27-14)7-12(10)21(24)25/h6-7,16-17,20H,1,3-5,8H2,2H3. The lowest BCUT2D eigenvalue weighted by Gasteiger charge is -2.37. The van der Waals surface area contributed by atoms with E-state index in [1.165, 1.54) is 19.2 Å². The molecule has 0 radical (unpaired) electrons. The first-order valence-electron chi connectivity index (χ1n) is 8.80. The van der Waals surface area contributed by atoms with Crippen molar-refractivity contribution < 1.29 is 28.7 Å². The fourth-order valence-electron chi connectivity index (χ4n) is 4.09. The van der Waals surface area contributed by atoms with Crippen molar-refractivity contribution in [2.45, 2.75) is 25.2 Å². The predicted molar refractivity (Wildman–Crippen MR) is 95.6 cm³/mol. The van der Waals surface area contributed by atoms with Gasteiger partial charge in [-0.25, -0.2) is 0 Å². The largest absolute Gasteiger partial charge is 0.468 e. The summed E-state index contributed by atoms with van der Waals surface area (Å²) in [6.07, 6.45) is 1.58. The van der Waals surface area contributed by atoms with Crippen LogP contribution in [0.3, 0.4) is 0 Å². The number of nitro benzene ring substituents is 1. The average Bonchev–Trinajstić information content (AvgIpc) is 3.13. The first-order chi connectivity index (χ1) is 13.4. The zero-order chi connectivity index (χ0) is 20.0. The van der Waals surface area contributed by atoms with Crippen molar-refractivity contribution in [2.24, 2.45) is 5.92 Å². The first-order valence-corrected chi connectivity index (χ1v) is 8.80. The third-order valence-corrected chi connectivity index (χ3v) is 5.30. The Labute approximate surface area is 160 Å². The highest BCUT2D eigenvalue weighted by Crippen LogP contribution is 2.49. The molecule has 0 aromatic heterocycles. The van der Waals surface area contributed by atoms with E-state index in [0.29, 0.717) is 42.0 Å². The van der Waals surface area contributed by atoms with Crippen LogP contribution in [-0.4, -0.2) is 30.6 Å². The van der Waals surface area contributed by atoms with Gasteiger partial charge in [0, 0.05) is 34.9 Å². The van der Waals surface area contributed by atoms with E-state index in [9.17, 15) is 19.7 Å². The summed E-state index contributed by atoms with van der Waals surface area (Å²) in [4.78, 5) is 36.6. The summed E-state index contributed by atoms with van der Waals surface area (Å²) in [6, 6.07) is 2.75. The van der Waals surface area contributed by atoms with Gasteiger partial charge in [-0.1, -0.05) is 6.58 Å². The van der Waals surface area contributed by atoms with Crippen LogP contribution >= 0.6 is 0 Å². The number of Topliss-reactive ketones (excluding diaryl/α,β-unsaturated/α-hetero) is 1. The van der Waals surface area contributed by atoms with E-state index >= 15 is 0 Å². The van der Waals surface area contributed by atoms with Crippen molar-refractivity contribution in [2.75, 3.05) is 13.9 Å². The monoisotopic (exact) mass is 386 g/mol. The third-order valence-electron chi connectivity index (χ3n) is 5.30. The minimum Gasteiger partial charge on any atom is -0.468 e. The Balaban J connectivity index is 1.98. The molecule has 0 bridgehead atoms. The molecule has 4 rings (SSSR count). The van der Waals surface area contributed by atoms with Gasteiger partial charge in [0.05, 0.1) is 18.1 Å². The van der Waals surface area contributed by atoms with Gasteiger partial charge in [-0.05, 0) is 18.9 Å². The molecule has 1 aromatic rings. The Kier molecular flexibility index (Phi) is 4.29. The number of fused-ring (bicyclic) bond motifs is 1. The molecule has 3 aliphatic rings. The molecule has 1 aliphatic carbocycles. The highest BCUT2D eigenvalue weighted by molar-refractivity contribution is 6.00. The number of carbonyl (C=O) groups excluding carboxylic acids is 2. The van der Waals surface area contributed by atoms with Crippen molar-refractivity contribution >= 4 is 17.4 Å². The summed E-state index contributed by atoms with van der Waals surface area (Å²) in [5, 5.41) is 14.8. The Hall–Kier alpha value is -3.36. The van der Waals surface area contributed by atoms with Gasteiger partial charge in [-0.15, -0.1) is 0 Å². The molecule has 1 aromatic carbocycles. The van der Waals surface area contributed by atoms with E-state index in [0.717, 1.165) is 0 Å². The normalized spacial score (nSPS) is 23.2. The molecule has 28 heavy (non-hydrogen) atoms. The predicted octanol–water partition coefficient (Wildman–Crippen LogP) is 2.32. The second-order valence-electron chi connectivity index (χ2n) is 6.82. The average molecular weight is 386 g/mol. The molecule has 9 nitrogen and oxygen atoms in total. The molecule has 0 spiro atoms. The fourth-order valence-corrected chi connectivity index (χ4v) is 4.09. The molecule has 2 unspecified atom stereocenters. The molecule has 0 fully saturated rings. The van der Waals surface area contributed by atoms with Crippen LogP contribution in [0.5, 0.6) is 11.5 Å². The maximum atomic E-state index is 12.8. The first kappa shape index (κ1) is 18.0. The minimum atomic E-state index is -0.982. The van der Waals surface area contributed by atoms with Gasteiger partial charge in [0.1, 0.15) is 5.92 Å². The van der Waals surface area contributed by atoms with E-state index in [1.54, 1.807) is 0 Å². The van der Waals surface area contributed by atoms with Gasteiger partial charge < -0.3 is 19.5 Å². The quantitative estimate of drug-likeness (QED) is 0.478. The topological polar surface area (TPSA) is 117 Å². The highest BCUT2D eigenvalue weighted by atomic mass is 16.7. The number of nitrogens with zero attached hydrogens (tertiary/aromatic N) is 1. The molecule has 0 saturated heterocycles. The van der Waals surface area contributed by atoms with Crippen LogP contribution < -0.4 is 14.8 Å². The third kappa shape index (κ3) is 2.70. The zero-order valence-corrected chi connectivity index (χ0v) is 15.1. The molecule has 0 saturated carbocycles. The van der Waals surface area contributed by atoms with Crippen molar-refractivity contribution in [3.8, 4) is 11.5 Å². The van der Waals surface area contributed by atoms with E-state index in [1.807, 2.05) is 0 Å². The number of nitro groups is 1.